The lowest BCUT2D eigenvalue weighted by Gasteiger charge is -2.12. The summed E-state index contributed by atoms with van der Waals surface area (Å²) in [4.78, 5) is 26.3. The molecular weight excluding hydrogens is 308 g/mol. The van der Waals surface area contributed by atoms with Gasteiger partial charge in [-0.15, -0.1) is 0 Å². The fourth-order valence-corrected chi connectivity index (χ4v) is 2.99. The van der Waals surface area contributed by atoms with Crippen LogP contribution in [0.25, 0.3) is 6.08 Å². The van der Waals surface area contributed by atoms with Crippen LogP contribution in [0.1, 0.15) is 31.2 Å². The van der Waals surface area contributed by atoms with E-state index in [0.29, 0.717) is 17.6 Å². The molecule has 3 rings (SSSR count). The number of rotatable bonds is 5. The van der Waals surface area contributed by atoms with Gasteiger partial charge >= 0.3 is 6.03 Å². The Labute approximate surface area is 141 Å². The first-order chi connectivity index (χ1) is 11.6. The Morgan fingerprint density at radius 3 is 2.58 bits per heavy atom. The smallest absolute Gasteiger partial charge is 0.331 e. The molecule has 2 fully saturated rings. The molecule has 2 aliphatic rings. The number of imide groups is 1. The van der Waals surface area contributed by atoms with Gasteiger partial charge in [-0.2, -0.15) is 0 Å². The molecule has 128 valence electrons. The van der Waals surface area contributed by atoms with Crippen molar-refractivity contribution >= 4 is 18.0 Å². The van der Waals surface area contributed by atoms with Crippen LogP contribution >= 0.6 is 0 Å². The average molecular weight is 330 g/mol. The molecule has 1 saturated carbocycles. The first kappa shape index (κ1) is 16.5. The Bertz CT molecular complexity index is 665. The van der Waals surface area contributed by atoms with E-state index in [1.165, 1.54) is 24.8 Å². The van der Waals surface area contributed by atoms with Crippen LogP contribution in [0.4, 0.5) is 4.79 Å². The first-order valence-corrected chi connectivity index (χ1v) is 8.18. The summed E-state index contributed by atoms with van der Waals surface area (Å²) in [6.07, 6.45) is 6.65. The molecule has 1 aromatic carbocycles. The number of likely N-dealkylation sites (N-methyl/N-ethyl adjacent to an activating group) is 2. The van der Waals surface area contributed by atoms with Crippen LogP contribution in [0.2, 0.25) is 0 Å². The van der Waals surface area contributed by atoms with E-state index in [0.717, 1.165) is 23.3 Å². The van der Waals surface area contributed by atoms with Gasteiger partial charge in [-0.05, 0) is 36.6 Å². The number of carbonyl (C=O) groups excluding carboxylic acids is 2. The number of nitrogens with zero attached hydrogens (tertiary/aromatic N) is 2. The van der Waals surface area contributed by atoms with E-state index < -0.39 is 0 Å². The highest BCUT2D eigenvalue weighted by atomic mass is 16.7. The summed E-state index contributed by atoms with van der Waals surface area (Å²) in [5, 5.41) is 0. The van der Waals surface area contributed by atoms with E-state index in [2.05, 4.69) is 0 Å². The fourth-order valence-electron chi connectivity index (χ4n) is 2.99. The molecule has 6 nitrogen and oxygen atoms in total. The second-order valence-corrected chi connectivity index (χ2v) is 6.14. The fraction of sp³-hybridized carbons (Fsp3) is 0.444. The number of ether oxygens (including phenoxy) is 2. The summed E-state index contributed by atoms with van der Waals surface area (Å²) >= 11 is 0. The summed E-state index contributed by atoms with van der Waals surface area (Å²) < 4.78 is 11.3. The maximum absolute atomic E-state index is 12.1. The molecule has 0 atom stereocenters. The van der Waals surface area contributed by atoms with Gasteiger partial charge < -0.3 is 9.47 Å². The van der Waals surface area contributed by atoms with Crippen LogP contribution in [0, 0.1) is 0 Å². The minimum atomic E-state index is -0.330. The van der Waals surface area contributed by atoms with Crippen molar-refractivity contribution in [1.29, 1.82) is 0 Å². The number of urea groups is 1. The normalized spacial score (nSPS) is 20.5. The Morgan fingerprint density at radius 2 is 1.92 bits per heavy atom. The zero-order valence-electron chi connectivity index (χ0n) is 14.0. The summed E-state index contributed by atoms with van der Waals surface area (Å²) in [6.45, 7) is 0.227. The van der Waals surface area contributed by atoms with Gasteiger partial charge in [0.25, 0.3) is 5.91 Å². The molecule has 3 amide bonds. The van der Waals surface area contributed by atoms with E-state index in [1.54, 1.807) is 13.1 Å². The predicted molar refractivity (Wildman–Crippen MR) is 89.2 cm³/mol. The maximum Gasteiger partial charge on any atom is 0.331 e. The van der Waals surface area contributed by atoms with Crippen molar-refractivity contribution in [3.8, 4) is 5.75 Å². The van der Waals surface area contributed by atoms with Crippen LogP contribution in [0.3, 0.4) is 0 Å². The molecule has 1 aliphatic heterocycles. The Balaban J connectivity index is 1.65. The Morgan fingerprint density at radius 1 is 1.17 bits per heavy atom. The molecule has 0 radical (unpaired) electrons. The van der Waals surface area contributed by atoms with Crippen molar-refractivity contribution in [2.75, 3.05) is 20.9 Å². The minimum Gasteiger partial charge on any atom is -0.468 e. The highest BCUT2D eigenvalue weighted by Crippen LogP contribution is 2.23. The van der Waals surface area contributed by atoms with E-state index >= 15 is 0 Å². The predicted octanol–water partition coefficient (Wildman–Crippen LogP) is 2.85. The van der Waals surface area contributed by atoms with Gasteiger partial charge in [-0.25, -0.2) is 4.79 Å². The van der Waals surface area contributed by atoms with Gasteiger partial charge in [0.15, 0.2) is 6.79 Å². The molecule has 0 bridgehead atoms. The van der Waals surface area contributed by atoms with Gasteiger partial charge in [-0.1, -0.05) is 25.0 Å². The van der Waals surface area contributed by atoms with Crippen molar-refractivity contribution in [2.24, 2.45) is 0 Å². The van der Waals surface area contributed by atoms with Crippen molar-refractivity contribution in [1.82, 2.24) is 9.80 Å². The molecule has 0 unspecified atom stereocenters. The van der Waals surface area contributed by atoms with Crippen LogP contribution in [-0.4, -0.2) is 48.7 Å². The minimum absolute atomic E-state index is 0.227. The molecule has 6 heteroatoms. The highest BCUT2D eigenvalue weighted by molar-refractivity contribution is 6.13. The largest absolute Gasteiger partial charge is 0.468 e. The van der Waals surface area contributed by atoms with Gasteiger partial charge in [0.1, 0.15) is 11.4 Å². The maximum atomic E-state index is 12.1. The summed E-state index contributed by atoms with van der Waals surface area (Å²) in [5.74, 6) is 0.369. The molecule has 0 N–H and O–H groups in total. The average Bonchev–Trinajstić information content (AvgIpc) is 3.16. The molecule has 1 aliphatic carbocycles. The lowest BCUT2D eigenvalue weighted by molar-refractivity contribution is -0.122. The van der Waals surface area contributed by atoms with Crippen LogP contribution < -0.4 is 4.74 Å². The summed E-state index contributed by atoms with van der Waals surface area (Å²) in [7, 11) is 3.06. The van der Waals surface area contributed by atoms with Crippen molar-refractivity contribution in [3.63, 3.8) is 0 Å². The third-order valence-corrected chi connectivity index (χ3v) is 4.45. The third kappa shape index (κ3) is 3.43. The van der Waals surface area contributed by atoms with Gasteiger partial charge in [0.2, 0.25) is 0 Å². The highest BCUT2D eigenvalue weighted by Gasteiger charge is 2.35. The summed E-state index contributed by atoms with van der Waals surface area (Å²) in [6, 6.07) is 7.06. The Hall–Kier alpha value is -2.34. The molecule has 24 heavy (non-hydrogen) atoms. The lowest BCUT2D eigenvalue weighted by atomic mass is 10.1. The van der Waals surface area contributed by atoms with E-state index in [-0.39, 0.29) is 18.7 Å². The van der Waals surface area contributed by atoms with E-state index in [9.17, 15) is 9.59 Å². The molecule has 1 aromatic rings. The monoisotopic (exact) mass is 330 g/mol. The SMILES string of the molecule is CN1C(=O)/C(=C/c2cccc(OCOC3CCCC3)c2)N(C)C1=O. The summed E-state index contributed by atoms with van der Waals surface area (Å²) in [5.41, 5.74) is 1.15. The first-order valence-electron chi connectivity index (χ1n) is 8.18. The lowest BCUT2D eigenvalue weighted by Crippen LogP contribution is -2.27. The van der Waals surface area contributed by atoms with Crippen molar-refractivity contribution < 1.29 is 19.1 Å². The molecule has 0 spiro atoms. The second-order valence-electron chi connectivity index (χ2n) is 6.14. The molecule has 1 heterocycles. The van der Waals surface area contributed by atoms with Gasteiger partial charge in [0.05, 0.1) is 6.10 Å². The zero-order valence-corrected chi connectivity index (χ0v) is 14.0. The van der Waals surface area contributed by atoms with Crippen LogP contribution in [0.5, 0.6) is 5.75 Å². The van der Waals surface area contributed by atoms with Gasteiger partial charge in [0, 0.05) is 14.1 Å². The number of hydrogen-bond acceptors (Lipinski definition) is 4. The number of carbonyl (C=O) groups is 2. The van der Waals surface area contributed by atoms with Crippen molar-refractivity contribution in [2.45, 2.75) is 31.8 Å². The molecule has 1 saturated heterocycles. The third-order valence-electron chi connectivity index (χ3n) is 4.45. The topological polar surface area (TPSA) is 59.1 Å². The second kappa shape index (κ2) is 7.05. The number of hydrogen-bond donors (Lipinski definition) is 0. The van der Waals surface area contributed by atoms with E-state index in [4.69, 9.17) is 9.47 Å². The zero-order chi connectivity index (χ0) is 17.1. The quantitative estimate of drug-likeness (QED) is 0.473. The standard InChI is InChI=1S/C18H22N2O4/c1-19-16(17(21)20(2)18(19)22)11-13-6-5-9-15(10-13)24-12-23-14-7-3-4-8-14/h5-6,9-11,14H,3-4,7-8,12H2,1-2H3/b16-11-. The number of amides is 3. The van der Waals surface area contributed by atoms with Crippen molar-refractivity contribution in [3.05, 3.63) is 35.5 Å². The van der Waals surface area contributed by atoms with Gasteiger partial charge in [-0.3, -0.25) is 14.6 Å². The van der Waals surface area contributed by atoms with E-state index in [1.807, 2.05) is 24.3 Å². The molecular formula is C18H22N2O4. The molecule has 0 aromatic heterocycles. The Kier molecular flexibility index (Phi) is 4.85. The number of benzene rings is 1. The van der Waals surface area contributed by atoms with Crippen LogP contribution in [-0.2, 0) is 9.53 Å². The van der Waals surface area contributed by atoms with Crippen LogP contribution in [0.15, 0.2) is 30.0 Å².